The Morgan fingerprint density at radius 3 is 2.33 bits per heavy atom. The summed E-state index contributed by atoms with van der Waals surface area (Å²) in [5.41, 5.74) is -0.255. The standard InChI is InChI=1S/C9H7N3O2.C2HF3O2/c13-8-3-5-12(9(14)11-8)7-2-1-4-10-6-7;3-2(4,5)1(6)7/h1-6H,(H,11,13,14);(H,6,7). The lowest BCUT2D eigenvalue weighted by molar-refractivity contribution is -0.192. The predicted octanol–water partition coefficient (Wildman–Crippen LogP) is 0.554. The molecule has 0 aromatic carbocycles. The van der Waals surface area contributed by atoms with Crippen LogP contribution in [0.5, 0.6) is 0 Å². The number of nitrogens with one attached hydrogen (secondary N) is 1. The first-order valence-corrected chi connectivity index (χ1v) is 5.24. The van der Waals surface area contributed by atoms with Crippen molar-refractivity contribution >= 4 is 5.97 Å². The van der Waals surface area contributed by atoms with E-state index in [9.17, 15) is 22.8 Å². The van der Waals surface area contributed by atoms with Crippen LogP contribution >= 0.6 is 0 Å². The van der Waals surface area contributed by atoms with E-state index in [1.165, 1.54) is 16.8 Å². The largest absolute Gasteiger partial charge is 0.490 e. The Bertz CT molecular complexity index is 722. The van der Waals surface area contributed by atoms with Crippen molar-refractivity contribution in [1.29, 1.82) is 0 Å². The Morgan fingerprint density at radius 1 is 1.29 bits per heavy atom. The molecule has 2 rings (SSSR count). The molecule has 2 heterocycles. The molecule has 10 heteroatoms. The van der Waals surface area contributed by atoms with Crippen LogP contribution in [0.2, 0.25) is 0 Å². The van der Waals surface area contributed by atoms with Gasteiger partial charge in [-0.15, -0.1) is 0 Å². The fourth-order valence-electron chi connectivity index (χ4n) is 1.12. The zero-order chi connectivity index (χ0) is 16.0. The summed E-state index contributed by atoms with van der Waals surface area (Å²) in [7, 11) is 0. The van der Waals surface area contributed by atoms with E-state index in [2.05, 4.69) is 9.97 Å². The third kappa shape index (κ3) is 4.93. The Labute approximate surface area is 114 Å². The van der Waals surface area contributed by atoms with Crippen molar-refractivity contribution in [1.82, 2.24) is 14.5 Å². The zero-order valence-electron chi connectivity index (χ0n) is 10.2. The maximum atomic E-state index is 11.3. The van der Waals surface area contributed by atoms with E-state index < -0.39 is 23.4 Å². The van der Waals surface area contributed by atoms with Gasteiger partial charge in [0.05, 0.1) is 11.9 Å². The van der Waals surface area contributed by atoms with Crippen LogP contribution in [-0.2, 0) is 4.79 Å². The number of hydrogen-bond donors (Lipinski definition) is 2. The smallest absolute Gasteiger partial charge is 0.475 e. The number of halogens is 3. The van der Waals surface area contributed by atoms with Crippen LogP contribution in [0.4, 0.5) is 13.2 Å². The van der Waals surface area contributed by atoms with Gasteiger partial charge in [-0.1, -0.05) is 0 Å². The number of aromatic amines is 1. The van der Waals surface area contributed by atoms with Gasteiger partial charge in [0.25, 0.3) is 5.56 Å². The molecule has 0 aliphatic carbocycles. The number of H-pyrrole nitrogens is 1. The number of alkyl halides is 3. The maximum absolute atomic E-state index is 11.3. The van der Waals surface area contributed by atoms with Gasteiger partial charge in [-0.25, -0.2) is 9.59 Å². The Balaban J connectivity index is 0.000000270. The second kappa shape index (κ2) is 6.50. The summed E-state index contributed by atoms with van der Waals surface area (Å²) in [5, 5.41) is 7.12. The fourth-order valence-corrected chi connectivity index (χ4v) is 1.12. The van der Waals surface area contributed by atoms with E-state index in [0.29, 0.717) is 5.69 Å². The molecule has 0 fully saturated rings. The van der Waals surface area contributed by atoms with Crippen LogP contribution < -0.4 is 11.2 Å². The van der Waals surface area contributed by atoms with Crippen LogP contribution in [0.25, 0.3) is 5.69 Å². The molecular formula is C11H8F3N3O4. The van der Waals surface area contributed by atoms with Crippen molar-refractivity contribution in [2.24, 2.45) is 0 Å². The second-order valence-corrected chi connectivity index (χ2v) is 3.49. The molecule has 0 radical (unpaired) electrons. The highest BCUT2D eigenvalue weighted by molar-refractivity contribution is 5.73. The summed E-state index contributed by atoms with van der Waals surface area (Å²) in [6, 6.07) is 4.73. The van der Waals surface area contributed by atoms with Gasteiger partial charge >= 0.3 is 17.8 Å². The Kier molecular flexibility index (Phi) is 5.00. The third-order valence-electron chi connectivity index (χ3n) is 1.99. The van der Waals surface area contributed by atoms with Gasteiger partial charge in [-0.05, 0) is 12.1 Å². The van der Waals surface area contributed by atoms with E-state index >= 15 is 0 Å². The van der Waals surface area contributed by atoms with Gasteiger partial charge in [-0.2, -0.15) is 13.2 Å². The molecule has 2 aromatic heterocycles. The predicted molar refractivity (Wildman–Crippen MR) is 64.1 cm³/mol. The lowest BCUT2D eigenvalue weighted by Gasteiger charge is -2.01. The van der Waals surface area contributed by atoms with Crippen molar-refractivity contribution in [3.63, 3.8) is 0 Å². The van der Waals surface area contributed by atoms with Crippen LogP contribution in [0, 0.1) is 0 Å². The lowest BCUT2D eigenvalue weighted by Crippen LogP contribution is -2.27. The normalized spacial score (nSPS) is 10.4. The van der Waals surface area contributed by atoms with Gasteiger partial charge in [0.15, 0.2) is 0 Å². The third-order valence-corrected chi connectivity index (χ3v) is 1.99. The molecule has 7 nitrogen and oxygen atoms in total. The highest BCUT2D eigenvalue weighted by Gasteiger charge is 2.38. The number of carbonyl (C=O) groups is 1. The van der Waals surface area contributed by atoms with Crippen molar-refractivity contribution in [3.8, 4) is 5.69 Å². The van der Waals surface area contributed by atoms with E-state index in [1.54, 1.807) is 24.5 Å². The number of pyridine rings is 1. The number of aliphatic carboxylic acids is 1. The van der Waals surface area contributed by atoms with Gasteiger partial charge in [-0.3, -0.25) is 19.3 Å². The average Bonchev–Trinajstić information content (AvgIpc) is 2.39. The van der Waals surface area contributed by atoms with Crippen LogP contribution in [0.1, 0.15) is 0 Å². The highest BCUT2D eigenvalue weighted by atomic mass is 19.4. The number of nitrogens with zero attached hydrogens (tertiary/aromatic N) is 2. The first-order valence-electron chi connectivity index (χ1n) is 5.24. The molecule has 112 valence electrons. The number of aromatic nitrogens is 3. The molecule has 0 atom stereocenters. The first kappa shape index (κ1) is 16.1. The van der Waals surface area contributed by atoms with Gasteiger partial charge in [0.1, 0.15) is 0 Å². The van der Waals surface area contributed by atoms with E-state index in [1.807, 2.05) is 0 Å². The summed E-state index contributed by atoms with van der Waals surface area (Å²) >= 11 is 0. The molecule has 0 saturated heterocycles. The topological polar surface area (TPSA) is 105 Å². The lowest BCUT2D eigenvalue weighted by atomic mass is 10.4. The summed E-state index contributed by atoms with van der Waals surface area (Å²) in [6.07, 6.45) is -0.516. The molecule has 0 bridgehead atoms. The van der Waals surface area contributed by atoms with Crippen LogP contribution in [-0.4, -0.2) is 31.8 Å². The number of carboxylic acids is 1. The molecular weight excluding hydrogens is 295 g/mol. The zero-order valence-corrected chi connectivity index (χ0v) is 10.2. The minimum Gasteiger partial charge on any atom is -0.475 e. The minimum atomic E-state index is -5.08. The molecule has 0 spiro atoms. The molecule has 2 aromatic rings. The summed E-state index contributed by atoms with van der Waals surface area (Å²) in [4.78, 5) is 37.0. The molecule has 0 amide bonds. The SMILES string of the molecule is O=C(O)C(F)(F)F.O=c1ccn(-c2cccnc2)c(=O)[nH]1. The molecule has 0 aliphatic heterocycles. The summed E-state index contributed by atoms with van der Waals surface area (Å²) < 4.78 is 33.1. The van der Waals surface area contributed by atoms with Gasteiger partial charge < -0.3 is 5.11 Å². The molecule has 0 unspecified atom stereocenters. The van der Waals surface area contributed by atoms with Gasteiger partial charge in [0, 0.05) is 18.5 Å². The van der Waals surface area contributed by atoms with Crippen LogP contribution in [0.15, 0.2) is 46.4 Å². The monoisotopic (exact) mass is 303 g/mol. The van der Waals surface area contributed by atoms with Gasteiger partial charge in [0.2, 0.25) is 0 Å². The fraction of sp³-hybridized carbons (Fsp3) is 0.0909. The van der Waals surface area contributed by atoms with Crippen molar-refractivity contribution in [2.75, 3.05) is 0 Å². The molecule has 21 heavy (non-hydrogen) atoms. The van der Waals surface area contributed by atoms with E-state index in [0.717, 1.165) is 0 Å². The molecule has 0 saturated carbocycles. The van der Waals surface area contributed by atoms with Crippen molar-refractivity contribution < 1.29 is 23.1 Å². The van der Waals surface area contributed by atoms with E-state index in [4.69, 9.17) is 9.90 Å². The molecule has 2 N–H and O–H groups in total. The number of carboxylic acid groups (broad SMARTS) is 1. The summed E-state index contributed by atoms with van der Waals surface area (Å²) in [6.45, 7) is 0. The summed E-state index contributed by atoms with van der Waals surface area (Å²) in [5.74, 6) is -2.76. The molecule has 0 aliphatic rings. The second-order valence-electron chi connectivity index (χ2n) is 3.49. The van der Waals surface area contributed by atoms with Crippen molar-refractivity contribution in [3.05, 3.63) is 57.6 Å². The minimum absolute atomic E-state index is 0.407. The average molecular weight is 303 g/mol. The Morgan fingerprint density at radius 2 is 1.90 bits per heavy atom. The first-order chi connectivity index (χ1) is 9.71. The number of rotatable bonds is 1. The maximum Gasteiger partial charge on any atom is 0.490 e. The Hall–Kier alpha value is -2.91. The quantitative estimate of drug-likeness (QED) is 0.800. The highest BCUT2D eigenvalue weighted by Crippen LogP contribution is 2.13. The van der Waals surface area contributed by atoms with E-state index in [-0.39, 0.29) is 0 Å². The van der Waals surface area contributed by atoms with Crippen LogP contribution in [0.3, 0.4) is 0 Å². The van der Waals surface area contributed by atoms with Crippen molar-refractivity contribution in [2.45, 2.75) is 6.18 Å². The number of hydrogen-bond acceptors (Lipinski definition) is 4.